The molecule has 5 heteroatoms. The summed E-state index contributed by atoms with van der Waals surface area (Å²) in [6.07, 6.45) is 0. The van der Waals surface area contributed by atoms with E-state index in [1.165, 1.54) is 0 Å². The summed E-state index contributed by atoms with van der Waals surface area (Å²) in [5, 5.41) is 1.38. The normalized spacial score (nSPS) is 10.5. The molecule has 0 aliphatic carbocycles. The number of ether oxygens (including phenoxy) is 2. The van der Waals surface area contributed by atoms with Crippen molar-refractivity contribution in [1.29, 1.82) is 0 Å². The summed E-state index contributed by atoms with van der Waals surface area (Å²) in [4.78, 5) is 0. The number of rotatable bonds is 6. The van der Waals surface area contributed by atoms with Gasteiger partial charge in [0, 0.05) is 26.0 Å². The number of hydrogen-bond acceptors (Lipinski definition) is 2. The molecule has 0 heterocycles. The van der Waals surface area contributed by atoms with E-state index in [0.717, 1.165) is 27.1 Å². The molecule has 0 unspecified atom stereocenters. The van der Waals surface area contributed by atoms with Crippen molar-refractivity contribution in [3.63, 3.8) is 0 Å². The zero-order valence-electron chi connectivity index (χ0n) is 11.5. The van der Waals surface area contributed by atoms with Crippen LogP contribution in [0.15, 0.2) is 40.9 Å². The second kappa shape index (κ2) is 8.06. The predicted octanol–water partition coefficient (Wildman–Crippen LogP) is 5.98. The molecule has 0 spiro atoms. The first-order valence-corrected chi connectivity index (χ1v) is 8.82. The van der Waals surface area contributed by atoms with Crippen molar-refractivity contribution in [3.8, 4) is 11.5 Å². The molecule has 0 saturated carbocycles. The molecule has 0 aliphatic rings. The summed E-state index contributed by atoms with van der Waals surface area (Å²) >= 11 is 13.1. The van der Waals surface area contributed by atoms with Crippen LogP contribution in [-0.2, 0) is 11.9 Å². The molecule has 0 N–H and O–H groups in total. The van der Waals surface area contributed by atoms with Crippen molar-refractivity contribution < 1.29 is 9.47 Å². The predicted molar refractivity (Wildman–Crippen MR) is 93.7 cm³/mol. The average molecular weight is 435 g/mol. The maximum atomic E-state index is 6.22. The molecular weight excluding hydrogens is 419 g/mol. The molecule has 0 amide bonds. The maximum absolute atomic E-state index is 6.22. The Labute approximate surface area is 146 Å². The number of alkyl halides is 1. The quantitative estimate of drug-likeness (QED) is 0.521. The molecule has 2 rings (SSSR count). The first-order chi connectivity index (χ1) is 10.2. The fraction of sp³-hybridized carbons (Fsp3) is 0.250. The van der Waals surface area contributed by atoms with Crippen LogP contribution in [0.2, 0.25) is 5.02 Å². The van der Waals surface area contributed by atoms with Crippen molar-refractivity contribution in [1.82, 2.24) is 0 Å². The molecule has 2 aromatic rings. The van der Waals surface area contributed by atoms with Crippen molar-refractivity contribution in [3.05, 3.63) is 57.0 Å². The summed E-state index contributed by atoms with van der Waals surface area (Å²) in [7, 11) is 0. The van der Waals surface area contributed by atoms with Crippen LogP contribution in [0.3, 0.4) is 0 Å². The molecule has 0 bridgehead atoms. The number of benzene rings is 2. The van der Waals surface area contributed by atoms with Gasteiger partial charge in [0.25, 0.3) is 0 Å². The topological polar surface area (TPSA) is 18.5 Å². The van der Waals surface area contributed by atoms with E-state index >= 15 is 0 Å². The first-order valence-electron chi connectivity index (χ1n) is 6.53. The third-order valence-electron chi connectivity index (χ3n) is 2.89. The Kier molecular flexibility index (Phi) is 6.40. The van der Waals surface area contributed by atoms with E-state index in [1.807, 2.05) is 43.3 Å². The highest BCUT2D eigenvalue weighted by Gasteiger charge is 2.11. The molecule has 21 heavy (non-hydrogen) atoms. The van der Waals surface area contributed by atoms with Crippen LogP contribution in [0.25, 0.3) is 0 Å². The van der Waals surface area contributed by atoms with Gasteiger partial charge in [-0.25, -0.2) is 0 Å². The summed E-state index contributed by atoms with van der Waals surface area (Å²) in [5.74, 6) is 1.51. The van der Waals surface area contributed by atoms with E-state index in [-0.39, 0.29) is 0 Å². The summed E-state index contributed by atoms with van der Waals surface area (Å²) in [5.41, 5.74) is 1.99. The van der Waals surface area contributed by atoms with Gasteiger partial charge < -0.3 is 9.47 Å². The molecular formula is C16H15Br2ClO2. The zero-order chi connectivity index (χ0) is 15.2. The van der Waals surface area contributed by atoms with Crippen LogP contribution >= 0.6 is 43.5 Å². The molecule has 2 aromatic carbocycles. The van der Waals surface area contributed by atoms with E-state index in [2.05, 4.69) is 31.9 Å². The number of para-hydroxylation sites is 1. The molecule has 0 aromatic heterocycles. The lowest BCUT2D eigenvalue weighted by molar-refractivity contribution is 0.267. The van der Waals surface area contributed by atoms with Gasteiger partial charge in [-0.1, -0.05) is 61.7 Å². The highest BCUT2D eigenvalue weighted by atomic mass is 79.9. The van der Waals surface area contributed by atoms with Crippen LogP contribution in [0, 0.1) is 0 Å². The van der Waals surface area contributed by atoms with Crippen molar-refractivity contribution in [2.45, 2.75) is 18.9 Å². The SMILES string of the molecule is CCOc1cccc(CBr)c1OCc1ccc(Br)cc1Cl. The summed E-state index contributed by atoms with van der Waals surface area (Å²) in [6, 6.07) is 11.6. The standard InChI is InChI=1S/C16H15Br2ClO2/c1-2-20-15-5-3-4-11(9-17)16(15)21-10-12-6-7-13(18)8-14(12)19/h3-8H,2,9-10H2,1H3. The Hall–Kier alpha value is -0.710. The summed E-state index contributed by atoms with van der Waals surface area (Å²) < 4.78 is 12.5. The summed E-state index contributed by atoms with van der Waals surface area (Å²) in [6.45, 7) is 2.95. The number of halogens is 3. The van der Waals surface area contributed by atoms with E-state index in [0.29, 0.717) is 23.6 Å². The maximum Gasteiger partial charge on any atom is 0.165 e. The van der Waals surface area contributed by atoms with E-state index < -0.39 is 0 Å². The van der Waals surface area contributed by atoms with Crippen molar-refractivity contribution >= 4 is 43.5 Å². The Morgan fingerprint density at radius 2 is 1.90 bits per heavy atom. The van der Waals surface area contributed by atoms with E-state index in [9.17, 15) is 0 Å². The van der Waals surface area contributed by atoms with Gasteiger partial charge in [0.2, 0.25) is 0 Å². The molecule has 0 fully saturated rings. The van der Waals surface area contributed by atoms with Gasteiger partial charge in [-0.3, -0.25) is 0 Å². The largest absolute Gasteiger partial charge is 0.490 e. The molecule has 112 valence electrons. The Morgan fingerprint density at radius 3 is 2.57 bits per heavy atom. The minimum atomic E-state index is 0.399. The van der Waals surface area contributed by atoms with Gasteiger partial charge >= 0.3 is 0 Å². The second-order valence-corrected chi connectivity index (χ2v) is 6.22. The van der Waals surface area contributed by atoms with E-state index in [4.69, 9.17) is 21.1 Å². The van der Waals surface area contributed by atoms with Crippen LogP contribution < -0.4 is 9.47 Å². The Balaban J connectivity index is 2.22. The zero-order valence-corrected chi connectivity index (χ0v) is 15.5. The fourth-order valence-corrected chi connectivity index (χ4v) is 3.06. The van der Waals surface area contributed by atoms with E-state index in [1.54, 1.807) is 0 Å². The van der Waals surface area contributed by atoms with Gasteiger partial charge in [0.05, 0.1) is 6.61 Å². The lowest BCUT2D eigenvalue weighted by Crippen LogP contribution is -2.02. The van der Waals surface area contributed by atoms with Crippen molar-refractivity contribution in [2.75, 3.05) is 6.61 Å². The van der Waals surface area contributed by atoms with Gasteiger partial charge in [-0.05, 0) is 25.1 Å². The van der Waals surface area contributed by atoms with Crippen molar-refractivity contribution in [2.24, 2.45) is 0 Å². The first kappa shape index (κ1) is 16.7. The monoisotopic (exact) mass is 432 g/mol. The van der Waals surface area contributed by atoms with Gasteiger partial charge in [-0.15, -0.1) is 0 Å². The van der Waals surface area contributed by atoms with Crippen LogP contribution in [0.5, 0.6) is 11.5 Å². The molecule has 0 atom stereocenters. The minimum absolute atomic E-state index is 0.399. The third-order valence-corrected chi connectivity index (χ3v) is 4.34. The lowest BCUT2D eigenvalue weighted by atomic mass is 10.2. The van der Waals surface area contributed by atoms with Gasteiger partial charge in [0.1, 0.15) is 6.61 Å². The van der Waals surface area contributed by atoms with Crippen LogP contribution in [-0.4, -0.2) is 6.61 Å². The van der Waals surface area contributed by atoms with Crippen LogP contribution in [0.1, 0.15) is 18.1 Å². The minimum Gasteiger partial charge on any atom is -0.490 e. The molecule has 0 radical (unpaired) electrons. The highest BCUT2D eigenvalue weighted by Crippen LogP contribution is 2.34. The third kappa shape index (κ3) is 4.38. The lowest BCUT2D eigenvalue weighted by Gasteiger charge is -2.15. The fourth-order valence-electron chi connectivity index (χ4n) is 1.89. The molecule has 2 nitrogen and oxygen atoms in total. The smallest absolute Gasteiger partial charge is 0.165 e. The second-order valence-electron chi connectivity index (χ2n) is 4.34. The van der Waals surface area contributed by atoms with Crippen LogP contribution in [0.4, 0.5) is 0 Å². The van der Waals surface area contributed by atoms with Gasteiger partial charge in [-0.2, -0.15) is 0 Å². The van der Waals surface area contributed by atoms with Gasteiger partial charge in [0.15, 0.2) is 11.5 Å². The number of hydrogen-bond donors (Lipinski definition) is 0. The Bertz CT molecular complexity index is 617. The Morgan fingerprint density at radius 1 is 1.10 bits per heavy atom. The average Bonchev–Trinajstić information content (AvgIpc) is 2.47. The molecule has 0 saturated heterocycles. The highest BCUT2D eigenvalue weighted by molar-refractivity contribution is 9.10. The molecule has 0 aliphatic heterocycles.